The second-order valence-corrected chi connectivity index (χ2v) is 7.76. The van der Waals surface area contributed by atoms with Gasteiger partial charge in [-0.15, -0.1) is 0 Å². The number of nitrogens with one attached hydrogen (secondary N) is 1. The lowest BCUT2D eigenvalue weighted by molar-refractivity contribution is -0.144. The molecule has 1 fully saturated rings. The molecule has 2 heterocycles. The van der Waals surface area contributed by atoms with Crippen LogP contribution >= 0.6 is 11.6 Å². The molecule has 0 atom stereocenters. The van der Waals surface area contributed by atoms with E-state index < -0.39 is 11.9 Å². The van der Waals surface area contributed by atoms with E-state index in [1.54, 1.807) is 19.9 Å². The fourth-order valence-corrected chi connectivity index (χ4v) is 3.81. The summed E-state index contributed by atoms with van der Waals surface area (Å²) in [7, 11) is 0. The zero-order valence-corrected chi connectivity index (χ0v) is 16.4. The molecule has 2 aromatic rings. The molecule has 1 amide bonds. The van der Waals surface area contributed by atoms with Gasteiger partial charge in [-0.1, -0.05) is 11.6 Å². The molecule has 2 aromatic heterocycles. The van der Waals surface area contributed by atoms with E-state index in [1.807, 2.05) is 0 Å². The molecule has 3 rings (SSSR count). The molecule has 1 aliphatic carbocycles. The third-order valence-electron chi connectivity index (χ3n) is 5.10. The molecule has 5 nitrogen and oxygen atoms in total. The lowest BCUT2D eigenvalue weighted by atomic mass is 9.86. The van der Waals surface area contributed by atoms with Crippen molar-refractivity contribution in [3.8, 4) is 0 Å². The number of hydrogen-bond acceptors (Lipinski definition) is 3. The molecule has 1 N–H and O–H groups in total. The molecule has 1 saturated carbocycles. The Labute approximate surface area is 166 Å². The molecule has 0 bridgehead atoms. The lowest BCUT2D eigenvalue weighted by Crippen LogP contribution is -2.38. The first-order valence-electron chi connectivity index (χ1n) is 9.18. The van der Waals surface area contributed by atoms with Gasteiger partial charge in [-0.2, -0.15) is 18.3 Å². The molecule has 28 heavy (non-hydrogen) atoms. The van der Waals surface area contributed by atoms with Crippen molar-refractivity contribution >= 4 is 17.5 Å². The Hall–Kier alpha value is -2.09. The number of carbonyl (C=O) groups is 1. The predicted molar refractivity (Wildman–Crippen MR) is 99.2 cm³/mol. The fraction of sp³-hybridized carbons (Fsp3) is 0.526. The number of aromatic nitrogens is 3. The first kappa shape index (κ1) is 20.6. The van der Waals surface area contributed by atoms with Gasteiger partial charge in [0, 0.05) is 18.8 Å². The second kappa shape index (κ2) is 8.11. The van der Waals surface area contributed by atoms with E-state index in [-0.39, 0.29) is 24.4 Å². The summed E-state index contributed by atoms with van der Waals surface area (Å²) in [5, 5.41) is 7.39. The number of aryl methyl sites for hydroxylation is 2. The van der Waals surface area contributed by atoms with Crippen molar-refractivity contribution in [1.29, 1.82) is 0 Å². The summed E-state index contributed by atoms with van der Waals surface area (Å²) in [6, 6.07) is 2.65. The zero-order valence-electron chi connectivity index (χ0n) is 15.7. The summed E-state index contributed by atoms with van der Waals surface area (Å²) < 4.78 is 40.4. The summed E-state index contributed by atoms with van der Waals surface area (Å²) in [6.45, 7) is 3.54. The van der Waals surface area contributed by atoms with Crippen LogP contribution in [0, 0.1) is 19.8 Å². The lowest BCUT2D eigenvalue weighted by Gasteiger charge is -2.29. The van der Waals surface area contributed by atoms with Crippen LogP contribution in [-0.4, -0.2) is 26.7 Å². The van der Waals surface area contributed by atoms with Crippen molar-refractivity contribution < 1.29 is 18.0 Å². The van der Waals surface area contributed by atoms with Crippen molar-refractivity contribution in [2.45, 2.75) is 58.3 Å². The Morgan fingerprint density at radius 1 is 1.25 bits per heavy atom. The van der Waals surface area contributed by atoms with Gasteiger partial charge in [-0.3, -0.25) is 14.5 Å². The van der Waals surface area contributed by atoms with Gasteiger partial charge in [-0.05, 0) is 57.6 Å². The topological polar surface area (TPSA) is 59.8 Å². The number of amides is 1. The number of carbonyl (C=O) groups excluding carboxylic acids is 1. The minimum Gasteiger partial charge on any atom is -0.349 e. The maximum Gasteiger partial charge on any atom is 0.433 e. The van der Waals surface area contributed by atoms with Gasteiger partial charge < -0.3 is 5.32 Å². The Morgan fingerprint density at radius 3 is 2.57 bits per heavy atom. The van der Waals surface area contributed by atoms with Gasteiger partial charge in [0.25, 0.3) is 5.91 Å². The highest BCUT2D eigenvalue weighted by Gasteiger charge is 2.36. The van der Waals surface area contributed by atoms with Gasteiger partial charge in [0.1, 0.15) is 5.69 Å². The first-order chi connectivity index (χ1) is 13.1. The smallest absolute Gasteiger partial charge is 0.349 e. The van der Waals surface area contributed by atoms with Crippen LogP contribution in [0.25, 0.3) is 0 Å². The molecule has 9 heteroatoms. The van der Waals surface area contributed by atoms with Crippen LogP contribution in [0.4, 0.5) is 13.2 Å². The van der Waals surface area contributed by atoms with Crippen LogP contribution in [0.5, 0.6) is 0 Å². The highest BCUT2D eigenvalue weighted by molar-refractivity contribution is 6.30. The van der Waals surface area contributed by atoms with Crippen molar-refractivity contribution in [3.63, 3.8) is 0 Å². The van der Waals surface area contributed by atoms with Crippen LogP contribution in [0.3, 0.4) is 0 Å². The van der Waals surface area contributed by atoms with Crippen molar-refractivity contribution in [2.24, 2.45) is 5.92 Å². The normalized spacial score (nSPS) is 20.2. The van der Waals surface area contributed by atoms with E-state index in [9.17, 15) is 18.0 Å². The van der Waals surface area contributed by atoms with Crippen LogP contribution in [0.15, 0.2) is 18.3 Å². The Balaban J connectivity index is 1.57. The third-order valence-corrected chi connectivity index (χ3v) is 5.31. The number of hydrogen-bond donors (Lipinski definition) is 1. The molecule has 0 aliphatic heterocycles. The average molecular weight is 415 g/mol. The summed E-state index contributed by atoms with van der Waals surface area (Å²) in [4.78, 5) is 16.6. The Morgan fingerprint density at radius 2 is 1.93 bits per heavy atom. The molecule has 152 valence electrons. The molecule has 0 unspecified atom stereocenters. The zero-order chi connectivity index (χ0) is 20.5. The van der Waals surface area contributed by atoms with Crippen LogP contribution in [0.1, 0.15) is 53.1 Å². The monoisotopic (exact) mass is 414 g/mol. The third kappa shape index (κ3) is 4.84. The molecule has 0 spiro atoms. The largest absolute Gasteiger partial charge is 0.433 e. The quantitative estimate of drug-likeness (QED) is 0.798. The molecule has 1 aliphatic rings. The van der Waals surface area contributed by atoms with Crippen LogP contribution in [0.2, 0.25) is 5.02 Å². The van der Waals surface area contributed by atoms with Crippen molar-refractivity contribution in [1.82, 2.24) is 20.1 Å². The number of halogens is 4. The molecule has 0 saturated heterocycles. The van der Waals surface area contributed by atoms with Gasteiger partial charge >= 0.3 is 6.18 Å². The Kier molecular flexibility index (Phi) is 5.98. The summed E-state index contributed by atoms with van der Waals surface area (Å²) in [5.74, 6) is -0.124. The fourth-order valence-electron chi connectivity index (χ4n) is 3.65. The summed E-state index contributed by atoms with van der Waals surface area (Å²) in [5.41, 5.74) is 0.698. The van der Waals surface area contributed by atoms with Gasteiger partial charge in [0.15, 0.2) is 0 Å². The first-order valence-corrected chi connectivity index (χ1v) is 9.56. The van der Waals surface area contributed by atoms with E-state index in [4.69, 9.17) is 11.6 Å². The molecule has 0 aromatic carbocycles. The number of alkyl halides is 3. The van der Waals surface area contributed by atoms with Gasteiger partial charge in [0.05, 0.1) is 22.0 Å². The molecule has 0 radical (unpaired) electrons. The van der Waals surface area contributed by atoms with Crippen LogP contribution in [-0.2, 0) is 12.7 Å². The SMILES string of the molecule is Cc1cc(C(F)(F)F)n(C[C@H]2CC[C@H](NC(=O)c3cc(Cl)cnc3C)CC2)n1. The molecular formula is C19H22ClF3N4O. The number of nitrogens with zero attached hydrogens (tertiary/aromatic N) is 3. The highest BCUT2D eigenvalue weighted by Crippen LogP contribution is 2.32. The maximum absolute atomic E-state index is 13.1. The minimum absolute atomic E-state index is 0.0106. The van der Waals surface area contributed by atoms with Crippen molar-refractivity contribution in [2.75, 3.05) is 0 Å². The minimum atomic E-state index is -4.41. The van der Waals surface area contributed by atoms with E-state index >= 15 is 0 Å². The highest BCUT2D eigenvalue weighted by atomic mass is 35.5. The van der Waals surface area contributed by atoms with E-state index in [2.05, 4.69) is 15.4 Å². The number of rotatable bonds is 4. The average Bonchev–Trinajstić information content (AvgIpc) is 2.99. The Bertz CT molecular complexity index is 857. The van der Waals surface area contributed by atoms with Crippen molar-refractivity contribution in [3.05, 3.63) is 46.0 Å². The summed E-state index contributed by atoms with van der Waals surface area (Å²) in [6.07, 6.45) is -0.0294. The van der Waals surface area contributed by atoms with Crippen LogP contribution < -0.4 is 5.32 Å². The van der Waals surface area contributed by atoms with E-state index in [0.717, 1.165) is 23.6 Å². The molecular weight excluding hydrogens is 393 g/mol. The summed E-state index contributed by atoms with van der Waals surface area (Å²) >= 11 is 5.92. The standard InChI is InChI=1S/C19H22ClF3N4O/c1-11-7-17(19(21,22)23)27(26-11)10-13-3-5-15(6-4-13)25-18(28)16-8-14(20)9-24-12(16)2/h7-9,13,15H,3-6,10H2,1-2H3,(H,25,28)/t13-,15-. The van der Waals surface area contributed by atoms with Gasteiger partial charge in [-0.25, -0.2) is 0 Å². The van der Waals surface area contributed by atoms with E-state index in [0.29, 0.717) is 34.8 Å². The number of pyridine rings is 1. The second-order valence-electron chi connectivity index (χ2n) is 7.33. The van der Waals surface area contributed by atoms with E-state index in [1.165, 1.54) is 6.20 Å². The predicted octanol–water partition coefficient (Wildman–Crippen LogP) is 4.56. The maximum atomic E-state index is 13.1. The van der Waals surface area contributed by atoms with Gasteiger partial charge in [0.2, 0.25) is 0 Å².